The molecule has 7 unspecified atom stereocenters. The number of aliphatic imine (C=N–C) groups is 1. The predicted molar refractivity (Wildman–Crippen MR) is 177 cm³/mol. The van der Waals surface area contributed by atoms with E-state index in [9.17, 15) is 0 Å². The van der Waals surface area contributed by atoms with Crippen LogP contribution >= 0.6 is 0 Å². The normalized spacial score (nSPS) is 31.9. The molecule has 7 atom stereocenters. The Bertz CT molecular complexity index is 1460. The maximum absolute atomic E-state index is 7.04. The van der Waals surface area contributed by atoms with Gasteiger partial charge in [-0.25, -0.2) is 0 Å². The summed E-state index contributed by atoms with van der Waals surface area (Å²) in [6, 6.07) is 5.05. The molecule has 4 aliphatic carbocycles. The number of hydrogen-bond donors (Lipinski definition) is 0. The Labute approximate surface area is 259 Å². The van der Waals surface area contributed by atoms with Gasteiger partial charge in [0.1, 0.15) is 23.8 Å². The van der Waals surface area contributed by atoms with Crippen LogP contribution in [0.5, 0.6) is 0 Å². The monoisotopic (exact) mass is 573 g/mol. The van der Waals surface area contributed by atoms with E-state index in [1.807, 2.05) is 0 Å². The minimum Gasteiger partial charge on any atom is -0.488 e. The maximum Gasteiger partial charge on any atom is 0.193 e. The second kappa shape index (κ2) is 12.1. The molecule has 43 heavy (non-hydrogen) atoms. The van der Waals surface area contributed by atoms with Crippen molar-refractivity contribution in [3.8, 4) is 0 Å². The minimum absolute atomic E-state index is 0.0300. The highest BCUT2D eigenvalue weighted by molar-refractivity contribution is 5.60. The van der Waals surface area contributed by atoms with Crippen LogP contribution in [0.4, 0.5) is 0 Å². The zero-order chi connectivity index (χ0) is 29.5. The lowest BCUT2D eigenvalue weighted by molar-refractivity contribution is -0.720. The molecule has 0 amide bonds. The lowest BCUT2D eigenvalue weighted by atomic mass is 9.75. The molecule has 3 heterocycles. The van der Waals surface area contributed by atoms with E-state index in [2.05, 4.69) is 111 Å². The van der Waals surface area contributed by atoms with Crippen LogP contribution in [0.15, 0.2) is 107 Å². The van der Waals surface area contributed by atoms with Crippen LogP contribution in [0.3, 0.4) is 0 Å². The van der Waals surface area contributed by atoms with Crippen molar-refractivity contribution in [3.63, 3.8) is 0 Å². The molecule has 0 aromatic carbocycles. The molecule has 6 aliphatic rings. The first-order chi connectivity index (χ1) is 21.0. The van der Waals surface area contributed by atoms with Crippen LogP contribution in [-0.2, 0) is 11.2 Å². The summed E-state index contributed by atoms with van der Waals surface area (Å²) in [5.74, 6) is 3.70. The molecule has 0 saturated heterocycles. The highest BCUT2D eigenvalue weighted by Crippen LogP contribution is 2.54. The van der Waals surface area contributed by atoms with Crippen molar-refractivity contribution in [1.29, 1.82) is 0 Å². The molecule has 2 aliphatic heterocycles. The molecule has 0 radical (unpaired) electrons. The van der Waals surface area contributed by atoms with E-state index in [0.29, 0.717) is 17.8 Å². The van der Waals surface area contributed by atoms with Gasteiger partial charge >= 0.3 is 0 Å². The van der Waals surface area contributed by atoms with Crippen molar-refractivity contribution in [1.82, 2.24) is 0 Å². The molecule has 3 heteroatoms. The molecule has 0 N–H and O–H groups in total. The fourth-order valence-corrected chi connectivity index (χ4v) is 8.66. The average Bonchev–Trinajstić information content (AvgIpc) is 3.74. The van der Waals surface area contributed by atoms with Crippen molar-refractivity contribution in [2.75, 3.05) is 0 Å². The van der Waals surface area contributed by atoms with Gasteiger partial charge in [-0.05, 0) is 60.8 Å². The average molecular weight is 574 g/mol. The number of allylic oxidation sites excluding steroid dienone is 8. The topological polar surface area (TPSA) is 25.5 Å². The van der Waals surface area contributed by atoms with Crippen LogP contribution in [0.25, 0.3) is 0 Å². The Kier molecular flexibility index (Phi) is 8.01. The second-order valence-electron chi connectivity index (χ2n) is 14.1. The highest BCUT2D eigenvalue weighted by Gasteiger charge is 2.56. The summed E-state index contributed by atoms with van der Waals surface area (Å²) in [4.78, 5) is 5.23. The Morgan fingerprint density at radius 1 is 1.12 bits per heavy atom. The summed E-state index contributed by atoms with van der Waals surface area (Å²) in [6.07, 6.45) is 36.2. The van der Waals surface area contributed by atoms with Crippen molar-refractivity contribution in [2.45, 2.75) is 96.2 Å². The molecule has 3 nitrogen and oxygen atoms in total. The quantitative estimate of drug-likeness (QED) is 0.132. The van der Waals surface area contributed by atoms with Gasteiger partial charge in [0.2, 0.25) is 0 Å². The van der Waals surface area contributed by atoms with E-state index < -0.39 is 0 Å². The van der Waals surface area contributed by atoms with E-state index in [4.69, 9.17) is 9.73 Å². The number of nitrogens with zero attached hydrogens (tertiary/aromatic N) is 2. The summed E-state index contributed by atoms with van der Waals surface area (Å²) in [5, 5.41) is 0. The predicted octanol–water partition coefficient (Wildman–Crippen LogP) is 8.88. The lowest BCUT2D eigenvalue weighted by Crippen LogP contribution is -2.46. The number of hydrogen-bond acceptors (Lipinski definition) is 2. The van der Waals surface area contributed by atoms with E-state index >= 15 is 0 Å². The number of pyridine rings is 1. The van der Waals surface area contributed by atoms with Crippen LogP contribution in [-0.4, -0.2) is 18.4 Å². The molecule has 224 valence electrons. The third-order valence-corrected chi connectivity index (χ3v) is 10.7. The standard InChI is InChI=1S/C40H49N2O/c1-5-11-27(4)38(41-25-26(2)3)39-34-19-18-33-32-17-16-31(30-14-9-10-15-30)24-36(32)43-40(33)37(34)35-23-29(20-21-42(35)39)22-28-12-7-6-8-13-28/h5,9,11,14,16-21,23-26,28,30,32,34,36-39H,4,6-8,10,12-13,15,22H2,1-3H3/q+1/b11-5-,41-25?. The van der Waals surface area contributed by atoms with Crippen molar-refractivity contribution >= 4 is 6.21 Å². The van der Waals surface area contributed by atoms with Gasteiger partial charge in [0.05, 0.1) is 5.92 Å². The molecule has 1 fully saturated rings. The van der Waals surface area contributed by atoms with Crippen molar-refractivity contribution in [3.05, 3.63) is 113 Å². The van der Waals surface area contributed by atoms with Crippen molar-refractivity contribution in [2.24, 2.45) is 34.6 Å². The van der Waals surface area contributed by atoms with Crippen LogP contribution < -0.4 is 4.57 Å². The minimum atomic E-state index is -0.0300. The molecular formula is C40H49N2O+. The Morgan fingerprint density at radius 2 is 1.98 bits per heavy atom. The second-order valence-corrected chi connectivity index (χ2v) is 14.1. The zero-order valence-corrected chi connectivity index (χ0v) is 26.4. The van der Waals surface area contributed by atoms with Gasteiger partial charge in [-0.2, -0.15) is 4.57 Å². The Balaban J connectivity index is 1.27. The molecule has 1 saturated carbocycles. The SMILES string of the molecule is C=C(/C=C\C)C(N=CC(C)C)C1C2C=CC3=C(OC4C=C(C5C=CCC5)C=CC34)C2c2cc(CC3CCCCC3)cc[n+]21. The largest absolute Gasteiger partial charge is 0.488 e. The number of ether oxygens (including phenoxy) is 1. The van der Waals surface area contributed by atoms with Crippen LogP contribution in [0.1, 0.15) is 88.9 Å². The van der Waals surface area contributed by atoms with E-state index in [-0.39, 0.29) is 30.0 Å². The van der Waals surface area contributed by atoms with Gasteiger partial charge in [-0.1, -0.05) is 101 Å². The number of aromatic nitrogens is 1. The summed E-state index contributed by atoms with van der Waals surface area (Å²) >= 11 is 0. The fourth-order valence-electron chi connectivity index (χ4n) is 8.66. The first kappa shape index (κ1) is 28.6. The van der Waals surface area contributed by atoms with E-state index in [1.165, 1.54) is 79.5 Å². The van der Waals surface area contributed by atoms with Crippen molar-refractivity contribution < 1.29 is 9.30 Å². The molecule has 1 aromatic rings. The summed E-state index contributed by atoms with van der Waals surface area (Å²) < 4.78 is 9.59. The Hall–Kier alpha value is -3.20. The lowest BCUT2D eigenvalue weighted by Gasteiger charge is -2.25. The van der Waals surface area contributed by atoms with Crippen LogP contribution in [0, 0.1) is 29.6 Å². The first-order valence-electron chi connectivity index (χ1n) is 17.1. The number of fused-ring (bicyclic) bond motifs is 6. The van der Waals surface area contributed by atoms with E-state index in [1.54, 1.807) is 0 Å². The van der Waals surface area contributed by atoms with Gasteiger partial charge in [0.25, 0.3) is 0 Å². The molecule has 0 spiro atoms. The third-order valence-electron chi connectivity index (χ3n) is 10.7. The molecule has 0 bridgehead atoms. The van der Waals surface area contributed by atoms with Gasteiger partial charge in [-0.3, -0.25) is 4.99 Å². The maximum atomic E-state index is 7.04. The van der Waals surface area contributed by atoms with Gasteiger partial charge < -0.3 is 4.74 Å². The molecule has 7 rings (SSSR count). The summed E-state index contributed by atoms with van der Waals surface area (Å²) in [6.45, 7) is 11.0. The third kappa shape index (κ3) is 5.38. The van der Waals surface area contributed by atoms with Gasteiger partial charge in [-0.15, -0.1) is 0 Å². The fraction of sp³-hybridized carbons (Fsp3) is 0.500. The van der Waals surface area contributed by atoms with Crippen LogP contribution in [0.2, 0.25) is 0 Å². The van der Waals surface area contributed by atoms with Gasteiger partial charge in [0, 0.05) is 35.8 Å². The number of rotatable bonds is 8. The summed E-state index contributed by atoms with van der Waals surface area (Å²) in [7, 11) is 0. The highest BCUT2D eigenvalue weighted by atomic mass is 16.5. The Morgan fingerprint density at radius 3 is 2.74 bits per heavy atom. The zero-order valence-electron chi connectivity index (χ0n) is 26.4. The first-order valence-corrected chi connectivity index (χ1v) is 17.1. The van der Waals surface area contributed by atoms with Gasteiger partial charge in [0.15, 0.2) is 17.9 Å². The smallest absolute Gasteiger partial charge is 0.193 e. The van der Waals surface area contributed by atoms with E-state index in [0.717, 1.165) is 11.5 Å². The molecule has 1 aromatic heterocycles. The summed E-state index contributed by atoms with van der Waals surface area (Å²) in [5.41, 5.74) is 6.75. The molecular weight excluding hydrogens is 524 g/mol.